The van der Waals surface area contributed by atoms with Crippen LogP contribution in [0.2, 0.25) is 10.2 Å². The van der Waals surface area contributed by atoms with E-state index in [9.17, 15) is 0 Å². The molecule has 3 nitrogen and oxygen atoms in total. The van der Waals surface area contributed by atoms with Crippen molar-refractivity contribution < 1.29 is 4.74 Å². The highest BCUT2D eigenvalue weighted by Crippen LogP contribution is 2.18. The lowest BCUT2D eigenvalue weighted by Gasteiger charge is -2.05. The molecular formula is C11H8Cl2N2O. The second-order valence-corrected chi connectivity index (χ2v) is 3.92. The monoisotopic (exact) mass is 254 g/mol. The molecule has 0 radical (unpaired) electrons. The Kier molecular flexibility index (Phi) is 3.59. The van der Waals surface area contributed by atoms with Gasteiger partial charge < -0.3 is 4.74 Å². The van der Waals surface area contributed by atoms with Gasteiger partial charge in [0.05, 0.1) is 0 Å². The van der Waals surface area contributed by atoms with Crippen LogP contribution in [0.4, 0.5) is 0 Å². The predicted octanol–water partition coefficient (Wildman–Crippen LogP) is 3.36. The second kappa shape index (κ2) is 5.14. The molecule has 82 valence electrons. The van der Waals surface area contributed by atoms with Gasteiger partial charge in [0.15, 0.2) is 5.15 Å². The average molecular weight is 255 g/mol. The van der Waals surface area contributed by atoms with Gasteiger partial charge in [0.2, 0.25) is 0 Å². The average Bonchev–Trinajstić information content (AvgIpc) is 2.28. The van der Waals surface area contributed by atoms with Crippen LogP contribution in [-0.4, -0.2) is 10.2 Å². The first-order valence-corrected chi connectivity index (χ1v) is 5.36. The lowest BCUT2D eigenvalue weighted by molar-refractivity contribution is 0.300. The predicted molar refractivity (Wildman–Crippen MR) is 62.8 cm³/mol. The van der Waals surface area contributed by atoms with Crippen LogP contribution < -0.4 is 4.74 Å². The van der Waals surface area contributed by atoms with E-state index in [2.05, 4.69) is 10.2 Å². The van der Waals surface area contributed by atoms with Crippen molar-refractivity contribution in [2.24, 2.45) is 0 Å². The Balaban J connectivity index is 1.99. The van der Waals surface area contributed by atoms with Crippen molar-refractivity contribution in [1.29, 1.82) is 0 Å². The van der Waals surface area contributed by atoms with Gasteiger partial charge in [-0.25, -0.2) is 0 Å². The molecule has 0 aliphatic heterocycles. The maximum Gasteiger partial charge on any atom is 0.151 e. The van der Waals surface area contributed by atoms with Gasteiger partial charge >= 0.3 is 0 Å². The van der Waals surface area contributed by atoms with Gasteiger partial charge in [0.1, 0.15) is 18.1 Å². The third-order valence-corrected chi connectivity index (χ3v) is 2.31. The summed E-state index contributed by atoms with van der Waals surface area (Å²) >= 11 is 11.4. The van der Waals surface area contributed by atoms with Gasteiger partial charge in [-0.2, -0.15) is 5.10 Å². The largest absolute Gasteiger partial charge is 0.487 e. The summed E-state index contributed by atoms with van der Waals surface area (Å²) in [6.45, 7) is 0.338. The van der Waals surface area contributed by atoms with Crippen LogP contribution in [0.25, 0.3) is 0 Å². The van der Waals surface area contributed by atoms with E-state index in [0.29, 0.717) is 28.2 Å². The lowest BCUT2D eigenvalue weighted by Crippen LogP contribution is -1.99. The Bertz CT molecular complexity index is 474. The normalized spacial score (nSPS) is 10.1. The van der Waals surface area contributed by atoms with Crippen LogP contribution in [0.15, 0.2) is 36.4 Å². The first-order chi connectivity index (χ1) is 7.74. The van der Waals surface area contributed by atoms with Crippen LogP contribution in [0.5, 0.6) is 5.75 Å². The summed E-state index contributed by atoms with van der Waals surface area (Å²) in [6.07, 6.45) is 0. The summed E-state index contributed by atoms with van der Waals surface area (Å²) in [5.41, 5.74) is 0.712. The van der Waals surface area contributed by atoms with Gasteiger partial charge in [-0.05, 0) is 30.3 Å². The van der Waals surface area contributed by atoms with Gasteiger partial charge in [0, 0.05) is 5.02 Å². The summed E-state index contributed by atoms with van der Waals surface area (Å²) in [5, 5.41) is 8.60. The van der Waals surface area contributed by atoms with E-state index in [1.165, 1.54) is 0 Å². The van der Waals surface area contributed by atoms with E-state index in [1.54, 1.807) is 24.3 Å². The highest BCUT2D eigenvalue weighted by Gasteiger charge is 1.99. The second-order valence-electron chi connectivity index (χ2n) is 3.09. The minimum Gasteiger partial charge on any atom is -0.487 e. The zero-order chi connectivity index (χ0) is 11.4. The smallest absolute Gasteiger partial charge is 0.151 e. The SMILES string of the molecule is Clc1cccc(OCc2ccc(Cl)nn2)c1. The van der Waals surface area contributed by atoms with Crippen LogP contribution in [0, 0.1) is 0 Å². The third kappa shape index (κ3) is 3.08. The van der Waals surface area contributed by atoms with E-state index >= 15 is 0 Å². The number of ether oxygens (including phenoxy) is 1. The fourth-order valence-corrected chi connectivity index (χ4v) is 1.42. The Morgan fingerprint density at radius 2 is 1.94 bits per heavy atom. The molecule has 1 heterocycles. The quantitative estimate of drug-likeness (QED) is 0.843. The van der Waals surface area contributed by atoms with Crippen LogP contribution in [0.3, 0.4) is 0 Å². The summed E-state index contributed by atoms with van der Waals surface area (Å²) in [6, 6.07) is 10.6. The third-order valence-electron chi connectivity index (χ3n) is 1.87. The number of hydrogen-bond donors (Lipinski definition) is 0. The van der Waals surface area contributed by atoms with Crippen LogP contribution in [-0.2, 0) is 6.61 Å². The first kappa shape index (κ1) is 11.2. The van der Waals surface area contributed by atoms with Crippen molar-refractivity contribution in [3.63, 3.8) is 0 Å². The van der Waals surface area contributed by atoms with Crippen molar-refractivity contribution in [2.75, 3.05) is 0 Å². The van der Waals surface area contributed by atoms with Gasteiger partial charge in [-0.1, -0.05) is 29.3 Å². The fraction of sp³-hybridized carbons (Fsp3) is 0.0909. The van der Waals surface area contributed by atoms with Crippen molar-refractivity contribution in [2.45, 2.75) is 6.61 Å². The summed E-state index contributed by atoms with van der Waals surface area (Å²) in [5.74, 6) is 0.698. The van der Waals surface area contributed by atoms with Crippen molar-refractivity contribution in [1.82, 2.24) is 10.2 Å². The standard InChI is InChI=1S/C11H8Cl2N2O/c12-8-2-1-3-10(6-8)16-7-9-4-5-11(13)15-14-9/h1-6H,7H2. The minimum absolute atomic E-state index is 0.338. The molecule has 5 heteroatoms. The van der Waals surface area contributed by atoms with Crippen molar-refractivity contribution in [3.05, 3.63) is 52.3 Å². The topological polar surface area (TPSA) is 35.0 Å². The van der Waals surface area contributed by atoms with Crippen LogP contribution >= 0.6 is 23.2 Å². The minimum atomic E-state index is 0.338. The fourth-order valence-electron chi connectivity index (χ4n) is 1.13. The molecule has 16 heavy (non-hydrogen) atoms. The molecular weight excluding hydrogens is 247 g/mol. The van der Waals surface area contributed by atoms with Crippen LogP contribution in [0.1, 0.15) is 5.69 Å². The zero-order valence-corrected chi connectivity index (χ0v) is 9.74. The molecule has 1 aromatic heterocycles. The molecule has 0 saturated carbocycles. The number of benzene rings is 1. The molecule has 0 bridgehead atoms. The van der Waals surface area contributed by atoms with E-state index in [1.807, 2.05) is 12.1 Å². The molecule has 2 aromatic rings. The van der Waals surface area contributed by atoms with Crippen molar-refractivity contribution in [3.8, 4) is 5.75 Å². The maximum absolute atomic E-state index is 5.82. The Morgan fingerprint density at radius 3 is 2.62 bits per heavy atom. The summed E-state index contributed by atoms with van der Waals surface area (Å²) in [7, 11) is 0. The van der Waals surface area contributed by atoms with E-state index in [-0.39, 0.29) is 0 Å². The number of rotatable bonds is 3. The molecule has 0 unspecified atom stereocenters. The number of nitrogens with zero attached hydrogens (tertiary/aromatic N) is 2. The molecule has 1 aromatic carbocycles. The molecule has 0 spiro atoms. The Morgan fingerprint density at radius 1 is 1.06 bits per heavy atom. The Labute approximate surface area is 103 Å². The first-order valence-electron chi connectivity index (χ1n) is 4.60. The highest BCUT2D eigenvalue weighted by molar-refractivity contribution is 6.30. The molecule has 0 saturated heterocycles. The number of hydrogen-bond acceptors (Lipinski definition) is 3. The zero-order valence-electron chi connectivity index (χ0n) is 8.23. The Hall–Kier alpha value is -1.32. The maximum atomic E-state index is 5.82. The molecule has 0 amide bonds. The van der Waals surface area contributed by atoms with E-state index in [4.69, 9.17) is 27.9 Å². The number of halogens is 2. The molecule has 0 atom stereocenters. The van der Waals surface area contributed by atoms with E-state index in [0.717, 1.165) is 0 Å². The van der Waals surface area contributed by atoms with E-state index < -0.39 is 0 Å². The molecule has 2 rings (SSSR count). The molecule has 0 N–H and O–H groups in total. The molecule has 0 aliphatic carbocycles. The van der Waals surface area contributed by atoms with Gasteiger partial charge in [-0.15, -0.1) is 5.10 Å². The summed E-state index contributed by atoms with van der Waals surface area (Å²) < 4.78 is 5.48. The van der Waals surface area contributed by atoms with Gasteiger partial charge in [-0.3, -0.25) is 0 Å². The molecule has 0 aliphatic rings. The van der Waals surface area contributed by atoms with Crippen molar-refractivity contribution >= 4 is 23.2 Å². The molecule has 0 fully saturated rings. The lowest BCUT2D eigenvalue weighted by atomic mass is 10.3. The highest BCUT2D eigenvalue weighted by atomic mass is 35.5. The van der Waals surface area contributed by atoms with Gasteiger partial charge in [0.25, 0.3) is 0 Å². The summed E-state index contributed by atoms with van der Waals surface area (Å²) in [4.78, 5) is 0. The number of aromatic nitrogens is 2.